The Kier molecular flexibility index (Phi) is 4.36. The van der Waals surface area contributed by atoms with Crippen LogP contribution in [-0.4, -0.2) is 5.78 Å². The van der Waals surface area contributed by atoms with Crippen molar-refractivity contribution in [1.82, 2.24) is 0 Å². The molecule has 1 heteroatoms. The fourth-order valence-electron chi connectivity index (χ4n) is 2.63. The Labute approximate surface area is 94.6 Å². The molecule has 0 amide bonds. The third kappa shape index (κ3) is 3.62. The van der Waals surface area contributed by atoms with Gasteiger partial charge in [-0.15, -0.1) is 0 Å². The molecule has 1 aliphatic carbocycles. The van der Waals surface area contributed by atoms with Crippen LogP contribution in [-0.2, 0) is 4.79 Å². The molecular formula is C14H26O. The second-order valence-electron chi connectivity index (χ2n) is 6.14. The van der Waals surface area contributed by atoms with Gasteiger partial charge in [-0.2, -0.15) is 0 Å². The average Bonchev–Trinajstić information content (AvgIpc) is 2.15. The fourth-order valence-corrected chi connectivity index (χ4v) is 2.63. The lowest BCUT2D eigenvalue weighted by molar-refractivity contribution is -0.126. The van der Waals surface area contributed by atoms with E-state index in [1.165, 1.54) is 12.8 Å². The number of rotatable bonds is 3. The van der Waals surface area contributed by atoms with Crippen LogP contribution in [0.5, 0.6) is 0 Å². The van der Waals surface area contributed by atoms with Gasteiger partial charge in [0, 0.05) is 12.3 Å². The van der Waals surface area contributed by atoms with E-state index in [0.717, 1.165) is 31.6 Å². The monoisotopic (exact) mass is 210 g/mol. The van der Waals surface area contributed by atoms with Crippen molar-refractivity contribution in [2.75, 3.05) is 0 Å². The molecule has 0 aliphatic heterocycles. The van der Waals surface area contributed by atoms with Gasteiger partial charge in [0.15, 0.2) is 0 Å². The van der Waals surface area contributed by atoms with Gasteiger partial charge >= 0.3 is 0 Å². The van der Waals surface area contributed by atoms with Crippen LogP contribution < -0.4 is 0 Å². The summed E-state index contributed by atoms with van der Waals surface area (Å²) in [6.07, 6.45) is 6.64. The van der Waals surface area contributed by atoms with Crippen molar-refractivity contribution in [2.45, 2.75) is 66.2 Å². The number of hydrogen-bond acceptors (Lipinski definition) is 1. The Hall–Kier alpha value is -0.330. The van der Waals surface area contributed by atoms with E-state index in [1.54, 1.807) is 0 Å². The maximum atomic E-state index is 11.8. The van der Waals surface area contributed by atoms with E-state index in [4.69, 9.17) is 0 Å². The first kappa shape index (κ1) is 12.7. The quantitative estimate of drug-likeness (QED) is 0.682. The number of unbranched alkanes of at least 4 members (excludes halogenated alkanes) is 1. The van der Waals surface area contributed by atoms with Crippen LogP contribution in [0.1, 0.15) is 66.2 Å². The molecular weight excluding hydrogens is 184 g/mol. The van der Waals surface area contributed by atoms with E-state index >= 15 is 0 Å². The molecule has 0 heterocycles. The molecule has 0 aromatic heterocycles. The third-order valence-electron chi connectivity index (χ3n) is 3.89. The largest absolute Gasteiger partial charge is 0.299 e. The van der Waals surface area contributed by atoms with Gasteiger partial charge in [-0.3, -0.25) is 4.79 Å². The summed E-state index contributed by atoms with van der Waals surface area (Å²) in [5.41, 5.74) is 0.380. The number of ketones is 1. The average molecular weight is 210 g/mol. The Morgan fingerprint density at radius 3 is 2.53 bits per heavy atom. The summed E-state index contributed by atoms with van der Waals surface area (Å²) in [6, 6.07) is 0. The summed E-state index contributed by atoms with van der Waals surface area (Å²) < 4.78 is 0. The first-order chi connectivity index (χ1) is 6.95. The first-order valence-electron chi connectivity index (χ1n) is 6.48. The van der Waals surface area contributed by atoms with Gasteiger partial charge < -0.3 is 0 Å². The Morgan fingerprint density at radius 1 is 1.33 bits per heavy atom. The van der Waals surface area contributed by atoms with Crippen LogP contribution in [0.2, 0.25) is 0 Å². The van der Waals surface area contributed by atoms with Crippen molar-refractivity contribution >= 4 is 5.78 Å². The summed E-state index contributed by atoms with van der Waals surface area (Å²) >= 11 is 0. The van der Waals surface area contributed by atoms with Gasteiger partial charge in [-0.1, -0.05) is 40.5 Å². The minimum absolute atomic E-state index is 0.378. The number of hydrogen-bond donors (Lipinski definition) is 0. The number of carbonyl (C=O) groups excluding carboxylic acids is 1. The van der Waals surface area contributed by atoms with Crippen molar-refractivity contribution in [3.05, 3.63) is 0 Å². The number of Topliss-reactive ketones (excluding diaryl/α,β-unsaturated/α-hetero) is 1. The summed E-state index contributed by atoms with van der Waals surface area (Å²) in [5.74, 6) is 1.66. The zero-order chi connectivity index (χ0) is 11.5. The van der Waals surface area contributed by atoms with E-state index in [2.05, 4.69) is 27.7 Å². The third-order valence-corrected chi connectivity index (χ3v) is 3.89. The standard InChI is InChI=1S/C14H26O/c1-5-6-7-11-10-12(14(2,3)4)8-9-13(11)15/h11-12H,5-10H2,1-4H3. The zero-order valence-corrected chi connectivity index (χ0v) is 10.8. The predicted molar refractivity (Wildman–Crippen MR) is 64.8 cm³/mol. The maximum absolute atomic E-state index is 11.8. The Bertz CT molecular complexity index is 212. The van der Waals surface area contributed by atoms with Gasteiger partial charge in [0.1, 0.15) is 5.78 Å². The van der Waals surface area contributed by atoms with Gasteiger partial charge in [-0.05, 0) is 30.6 Å². The molecule has 0 radical (unpaired) electrons. The molecule has 0 N–H and O–H groups in total. The van der Waals surface area contributed by atoms with Crippen molar-refractivity contribution < 1.29 is 4.79 Å². The smallest absolute Gasteiger partial charge is 0.135 e. The van der Waals surface area contributed by atoms with Crippen LogP contribution in [0.25, 0.3) is 0 Å². The molecule has 1 rings (SSSR count). The molecule has 1 nitrogen and oxygen atoms in total. The molecule has 0 aromatic rings. The summed E-state index contributed by atoms with van der Waals surface area (Å²) in [7, 11) is 0. The molecule has 0 saturated heterocycles. The summed E-state index contributed by atoms with van der Waals surface area (Å²) in [6.45, 7) is 9.13. The topological polar surface area (TPSA) is 17.1 Å². The van der Waals surface area contributed by atoms with Crippen LogP contribution in [0, 0.1) is 17.3 Å². The normalized spacial score (nSPS) is 28.1. The maximum Gasteiger partial charge on any atom is 0.135 e. The minimum atomic E-state index is 0.378. The lowest BCUT2D eigenvalue weighted by Gasteiger charge is -2.37. The second-order valence-corrected chi connectivity index (χ2v) is 6.14. The van der Waals surface area contributed by atoms with E-state index in [-0.39, 0.29) is 0 Å². The highest BCUT2D eigenvalue weighted by molar-refractivity contribution is 5.81. The van der Waals surface area contributed by atoms with Crippen molar-refractivity contribution in [3.63, 3.8) is 0 Å². The van der Waals surface area contributed by atoms with Crippen molar-refractivity contribution in [2.24, 2.45) is 17.3 Å². The van der Waals surface area contributed by atoms with Crippen molar-refractivity contribution in [3.8, 4) is 0 Å². The van der Waals surface area contributed by atoms with Gasteiger partial charge in [0.2, 0.25) is 0 Å². The zero-order valence-electron chi connectivity index (χ0n) is 10.8. The first-order valence-corrected chi connectivity index (χ1v) is 6.48. The van der Waals surface area contributed by atoms with Crippen molar-refractivity contribution in [1.29, 1.82) is 0 Å². The molecule has 88 valence electrons. The lowest BCUT2D eigenvalue weighted by Crippen LogP contribution is -2.32. The summed E-state index contributed by atoms with van der Waals surface area (Å²) in [4.78, 5) is 11.8. The van der Waals surface area contributed by atoms with E-state index in [9.17, 15) is 4.79 Å². The molecule has 1 saturated carbocycles. The molecule has 1 fully saturated rings. The lowest BCUT2D eigenvalue weighted by atomic mass is 9.68. The summed E-state index contributed by atoms with van der Waals surface area (Å²) in [5, 5.41) is 0. The second kappa shape index (κ2) is 5.14. The molecule has 0 spiro atoms. The van der Waals surface area contributed by atoms with Crippen LogP contribution in [0.15, 0.2) is 0 Å². The Morgan fingerprint density at radius 2 is 2.00 bits per heavy atom. The molecule has 0 bridgehead atoms. The van der Waals surface area contributed by atoms with E-state index in [0.29, 0.717) is 17.1 Å². The number of carbonyl (C=O) groups is 1. The fraction of sp³-hybridized carbons (Fsp3) is 0.929. The van der Waals surface area contributed by atoms with Crippen LogP contribution in [0.4, 0.5) is 0 Å². The highest BCUT2D eigenvalue weighted by atomic mass is 16.1. The van der Waals surface area contributed by atoms with Gasteiger partial charge in [-0.25, -0.2) is 0 Å². The van der Waals surface area contributed by atoms with E-state index in [1.807, 2.05) is 0 Å². The highest BCUT2D eigenvalue weighted by Gasteiger charge is 2.34. The minimum Gasteiger partial charge on any atom is -0.299 e. The molecule has 1 aliphatic rings. The van der Waals surface area contributed by atoms with Crippen LogP contribution >= 0.6 is 0 Å². The Balaban J connectivity index is 2.52. The SMILES string of the molecule is CCCCC1CC(C(C)(C)C)CCC1=O. The van der Waals surface area contributed by atoms with Gasteiger partial charge in [0.05, 0.1) is 0 Å². The van der Waals surface area contributed by atoms with Crippen LogP contribution in [0.3, 0.4) is 0 Å². The van der Waals surface area contributed by atoms with E-state index < -0.39 is 0 Å². The molecule has 15 heavy (non-hydrogen) atoms. The molecule has 2 atom stereocenters. The highest BCUT2D eigenvalue weighted by Crippen LogP contribution is 2.40. The molecule has 0 aromatic carbocycles. The predicted octanol–water partition coefficient (Wildman–Crippen LogP) is 4.21. The molecule has 2 unspecified atom stereocenters. The van der Waals surface area contributed by atoms with Gasteiger partial charge in [0.25, 0.3) is 0 Å².